The van der Waals surface area contributed by atoms with E-state index in [1.165, 1.54) is 64.8 Å². The Hall–Kier alpha value is -0.610. The number of nitrogens with zero attached hydrogens (tertiary/aromatic N) is 2. The maximum absolute atomic E-state index is 11.8. The van der Waals surface area contributed by atoms with E-state index in [1.54, 1.807) is 0 Å². The highest BCUT2D eigenvalue weighted by molar-refractivity contribution is 5.78. The van der Waals surface area contributed by atoms with Gasteiger partial charge in [-0.1, -0.05) is 20.3 Å². The van der Waals surface area contributed by atoms with E-state index in [2.05, 4.69) is 15.1 Å². The summed E-state index contributed by atoms with van der Waals surface area (Å²) < 4.78 is 0. The van der Waals surface area contributed by atoms with Gasteiger partial charge < -0.3 is 15.1 Å². The molecule has 0 aromatic carbocycles. The van der Waals surface area contributed by atoms with E-state index in [1.807, 2.05) is 13.8 Å². The molecular formula is C17H33N3O. The standard InChI is InChI=1S/C17H33N3O/c1-15(2)17(21)18-16-8-6-11-20(14-16)13-7-12-19-9-4-3-5-10-19/h15-16H,3-14H2,1-2H3,(H,18,21)/t16-/m1/s1. The van der Waals surface area contributed by atoms with Gasteiger partial charge in [0.1, 0.15) is 0 Å². The van der Waals surface area contributed by atoms with E-state index in [0.717, 1.165) is 13.0 Å². The van der Waals surface area contributed by atoms with Crippen LogP contribution in [0.3, 0.4) is 0 Å². The first-order chi connectivity index (χ1) is 10.1. The largest absolute Gasteiger partial charge is 0.352 e. The van der Waals surface area contributed by atoms with Crippen LogP contribution in [0.2, 0.25) is 0 Å². The number of likely N-dealkylation sites (tertiary alicyclic amines) is 2. The Morgan fingerprint density at radius 3 is 2.43 bits per heavy atom. The average molecular weight is 295 g/mol. The minimum atomic E-state index is 0.0967. The lowest BCUT2D eigenvalue weighted by Gasteiger charge is -2.34. The predicted octanol–water partition coefficient (Wildman–Crippen LogP) is 2.10. The molecule has 4 nitrogen and oxygen atoms in total. The Kier molecular flexibility index (Phi) is 6.97. The summed E-state index contributed by atoms with van der Waals surface area (Å²) in [6, 6.07) is 0.364. The van der Waals surface area contributed by atoms with Crippen LogP contribution in [0, 0.1) is 5.92 Å². The fourth-order valence-corrected chi connectivity index (χ4v) is 3.45. The molecule has 0 saturated carbocycles. The van der Waals surface area contributed by atoms with Crippen molar-refractivity contribution < 1.29 is 4.79 Å². The number of nitrogens with one attached hydrogen (secondary N) is 1. The Morgan fingerprint density at radius 2 is 1.71 bits per heavy atom. The Balaban J connectivity index is 1.63. The molecule has 1 atom stereocenters. The van der Waals surface area contributed by atoms with Gasteiger partial charge in [0.15, 0.2) is 0 Å². The van der Waals surface area contributed by atoms with Gasteiger partial charge in [-0.05, 0) is 64.8 Å². The second-order valence-corrected chi connectivity index (χ2v) is 7.06. The molecule has 122 valence electrons. The van der Waals surface area contributed by atoms with Crippen LogP contribution in [-0.4, -0.2) is 61.0 Å². The van der Waals surface area contributed by atoms with Crippen molar-refractivity contribution in [2.45, 2.75) is 58.4 Å². The van der Waals surface area contributed by atoms with E-state index in [-0.39, 0.29) is 11.8 Å². The van der Waals surface area contributed by atoms with Gasteiger partial charge in [0.05, 0.1) is 0 Å². The minimum absolute atomic E-state index is 0.0967. The van der Waals surface area contributed by atoms with Crippen LogP contribution in [0.4, 0.5) is 0 Å². The van der Waals surface area contributed by atoms with Crippen molar-refractivity contribution in [1.82, 2.24) is 15.1 Å². The van der Waals surface area contributed by atoms with Crippen LogP contribution >= 0.6 is 0 Å². The molecule has 2 saturated heterocycles. The Bertz CT molecular complexity index is 313. The van der Waals surface area contributed by atoms with Crippen molar-refractivity contribution in [3.05, 3.63) is 0 Å². The molecule has 0 aromatic rings. The highest BCUT2D eigenvalue weighted by atomic mass is 16.1. The van der Waals surface area contributed by atoms with Gasteiger partial charge in [0.2, 0.25) is 5.91 Å². The third-order valence-electron chi connectivity index (χ3n) is 4.77. The number of hydrogen-bond donors (Lipinski definition) is 1. The maximum Gasteiger partial charge on any atom is 0.222 e. The summed E-state index contributed by atoms with van der Waals surface area (Å²) >= 11 is 0. The fourth-order valence-electron chi connectivity index (χ4n) is 3.45. The van der Waals surface area contributed by atoms with E-state index >= 15 is 0 Å². The molecule has 4 heteroatoms. The molecule has 0 aromatic heterocycles. The van der Waals surface area contributed by atoms with Crippen LogP contribution in [0.5, 0.6) is 0 Å². The molecular weight excluding hydrogens is 262 g/mol. The van der Waals surface area contributed by atoms with Crippen LogP contribution < -0.4 is 5.32 Å². The zero-order valence-electron chi connectivity index (χ0n) is 13.9. The predicted molar refractivity (Wildman–Crippen MR) is 87.4 cm³/mol. The quantitative estimate of drug-likeness (QED) is 0.815. The van der Waals surface area contributed by atoms with Crippen LogP contribution in [0.25, 0.3) is 0 Å². The minimum Gasteiger partial charge on any atom is -0.352 e. The van der Waals surface area contributed by atoms with Crippen molar-refractivity contribution in [2.75, 3.05) is 39.3 Å². The molecule has 2 rings (SSSR count). The maximum atomic E-state index is 11.8. The van der Waals surface area contributed by atoms with Gasteiger partial charge in [-0.25, -0.2) is 0 Å². The third-order valence-corrected chi connectivity index (χ3v) is 4.77. The zero-order chi connectivity index (χ0) is 15.1. The second kappa shape index (κ2) is 8.74. The molecule has 2 heterocycles. The van der Waals surface area contributed by atoms with Gasteiger partial charge in [0, 0.05) is 18.5 Å². The number of rotatable bonds is 6. The summed E-state index contributed by atoms with van der Waals surface area (Å²) in [5.41, 5.74) is 0. The number of carbonyl (C=O) groups excluding carboxylic acids is 1. The zero-order valence-corrected chi connectivity index (χ0v) is 13.9. The lowest BCUT2D eigenvalue weighted by atomic mass is 10.0. The molecule has 1 amide bonds. The van der Waals surface area contributed by atoms with Crippen molar-refractivity contribution in [2.24, 2.45) is 5.92 Å². The average Bonchev–Trinajstić information content (AvgIpc) is 2.48. The lowest BCUT2D eigenvalue weighted by Crippen LogP contribution is -2.49. The smallest absolute Gasteiger partial charge is 0.222 e. The number of piperidine rings is 2. The van der Waals surface area contributed by atoms with Gasteiger partial charge in [-0.15, -0.1) is 0 Å². The van der Waals surface area contributed by atoms with E-state index < -0.39 is 0 Å². The summed E-state index contributed by atoms with van der Waals surface area (Å²) in [6.45, 7) is 11.2. The van der Waals surface area contributed by atoms with Gasteiger partial charge in [-0.2, -0.15) is 0 Å². The van der Waals surface area contributed by atoms with Crippen LogP contribution in [0.15, 0.2) is 0 Å². The first-order valence-corrected chi connectivity index (χ1v) is 8.90. The molecule has 0 spiro atoms. The van der Waals surface area contributed by atoms with E-state index in [0.29, 0.717) is 6.04 Å². The highest BCUT2D eigenvalue weighted by Crippen LogP contribution is 2.13. The Morgan fingerprint density at radius 1 is 1.05 bits per heavy atom. The molecule has 0 unspecified atom stereocenters. The van der Waals surface area contributed by atoms with Crippen LogP contribution in [0.1, 0.15) is 52.4 Å². The number of amides is 1. The SMILES string of the molecule is CC(C)C(=O)N[C@@H]1CCCN(CCCN2CCCCC2)C1. The highest BCUT2D eigenvalue weighted by Gasteiger charge is 2.22. The number of hydrogen-bond acceptors (Lipinski definition) is 3. The first-order valence-electron chi connectivity index (χ1n) is 8.90. The normalized spacial score (nSPS) is 25.2. The lowest BCUT2D eigenvalue weighted by molar-refractivity contribution is -0.125. The second-order valence-electron chi connectivity index (χ2n) is 7.06. The Labute approximate surface area is 130 Å². The molecule has 1 N–H and O–H groups in total. The van der Waals surface area contributed by atoms with Crippen LogP contribution in [-0.2, 0) is 4.79 Å². The molecule has 0 bridgehead atoms. The van der Waals surface area contributed by atoms with Crippen molar-refractivity contribution in [1.29, 1.82) is 0 Å². The number of carbonyl (C=O) groups is 1. The van der Waals surface area contributed by atoms with Crippen molar-refractivity contribution in [3.63, 3.8) is 0 Å². The first kappa shape index (κ1) is 16.8. The summed E-state index contributed by atoms with van der Waals surface area (Å²) in [6.07, 6.45) is 7.80. The summed E-state index contributed by atoms with van der Waals surface area (Å²) in [7, 11) is 0. The van der Waals surface area contributed by atoms with Crippen molar-refractivity contribution in [3.8, 4) is 0 Å². The topological polar surface area (TPSA) is 35.6 Å². The molecule has 2 aliphatic heterocycles. The summed E-state index contributed by atoms with van der Waals surface area (Å²) in [4.78, 5) is 17.0. The van der Waals surface area contributed by atoms with Gasteiger partial charge in [-0.3, -0.25) is 4.79 Å². The van der Waals surface area contributed by atoms with Gasteiger partial charge in [0.25, 0.3) is 0 Å². The molecule has 0 radical (unpaired) electrons. The summed E-state index contributed by atoms with van der Waals surface area (Å²) in [5.74, 6) is 0.301. The summed E-state index contributed by atoms with van der Waals surface area (Å²) in [5, 5.41) is 3.20. The molecule has 2 aliphatic rings. The van der Waals surface area contributed by atoms with Gasteiger partial charge >= 0.3 is 0 Å². The molecule has 21 heavy (non-hydrogen) atoms. The molecule has 0 aliphatic carbocycles. The monoisotopic (exact) mass is 295 g/mol. The fraction of sp³-hybridized carbons (Fsp3) is 0.941. The third kappa shape index (κ3) is 5.95. The van der Waals surface area contributed by atoms with E-state index in [4.69, 9.17) is 0 Å². The molecule has 2 fully saturated rings. The van der Waals surface area contributed by atoms with Crippen molar-refractivity contribution >= 4 is 5.91 Å². The van der Waals surface area contributed by atoms with E-state index in [9.17, 15) is 4.79 Å².